The van der Waals surface area contributed by atoms with Crippen molar-refractivity contribution in [3.8, 4) is 0 Å². The first-order valence-electron chi connectivity index (χ1n) is 6.58. The lowest BCUT2D eigenvalue weighted by Crippen LogP contribution is -2.46. The van der Waals surface area contributed by atoms with Crippen LogP contribution in [0, 0.1) is 13.8 Å². The van der Waals surface area contributed by atoms with Gasteiger partial charge in [0.15, 0.2) is 0 Å². The van der Waals surface area contributed by atoms with Crippen molar-refractivity contribution in [2.45, 2.75) is 58.0 Å². The van der Waals surface area contributed by atoms with E-state index in [0.717, 1.165) is 34.8 Å². The van der Waals surface area contributed by atoms with Crippen LogP contribution in [0.25, 0.3) is 0 Å². The normalized spacial score (nSPS) is 24.6. The van der Waals surface area contributed by atoms with Crippen LogP contribution in [0.3, 0.4) is 0 Å². The Bertz CT molecular complexity index is 430. The Morgan fingerprint density at radius 1 is 1.33 bits per heavy atom. The highest BCUT2D eigenvalue weighted by molar-refractivity contribution is 7.13. The first-order chi connectivity index (χ1) is 8.58. The molecule has 1 aliphatic carbocycles. The Hall–Kier alpha value is -0.940. The van der Waals surface area contributed by atoms with Gasteiger partial charge in [-0.25, -0.2) is 4.98 Å². The molecule has 0 aliphatic heterocycles. The van der Waals surface area contributed by atoms with Gasteiger partial charge in [-0.2, -0.15) is 0 Å². The number of carbonyl (C=O) groups is 1. The third kappa shape index (κ3) is 3.09. The predicted octanol–water partition coefficient (Wildman–Crippen LogP) is 2.15. The van der Waals surface area contributed by atoms with Crippen LogP contribution in [-0.4, -0.2) is 23.0 Å². The van der Waals surface area contributed by atoms with E-state index in [1.54, 1.807) is 0 Å². The highest BCUT2D eigenvalue weighted by Gasteiger charge is 2.24. The number of hydrogen-bond donors (Lipinski definition) is 2. The molecule has 1 aromatic rings. The molecule has 1 heterocycles. The molecule has 0 bridgehead atoms. The fourth-order valence-corrected chi connectivity index (χ4v) is 3.31. The summed E-state index contributed by atoms with van der Waals surface area (Å²) in [5.74, 6) is -0.0135. The van der Waals surface area contributed by atoms with E-state index in [4.69, 9.17) is 5.73 Å². The summed E-state index contributed by atoms with van der Waals surface area (Å²) < 4.78 is 0. The van der Waals surface area contributed by atoms with Gasteiger partial charge in [-0.3, -0.25) is 4.79 Å². The zero-order chi connectivity index (χ0) is 13.1. The topological polar surface area (TPSA) is 68.0 Å². The van der Waals surface area contributed by atoms with Gasteiger partial charge in [0.25, 0.3) is 5.91 Å². The molecule has 0 saturated heterocycles. The zero-order valence-corrected chi connectivity index (χ0v) is 11.8. The van der Waals surface area contributed by atoms with Gasteiger partial charge >= 0.3 is 0 Å². The number of aromatic nitrogens is 1. The summed E-state index contributed by atoms with van der Waals surface area (Å²) in [6.07, 6.45) is 5.54. The number of thiazole rings is 1. The molecule has 1 fully saturated rings. The second-order valence-corrected chi connectivity index (χ2v) is 6.23. The Kier molecular flexibility index (Phi) is 4.35. The summed E-state index contributed by atoms with van der Waals surface area (Å²) in [5.41, 5.74) is 6.94. The van der Waals surface area contributed by atoms with Crippen LogP contribution in [0.4, 0.5) is 0 Å². The number of rotatable bonds is 2. The Balaban J connectivity index is 2.04. The van der Waals surface area contributed by atoms with Gasteiger partial charge in [0.2, 0.25) is 0 Å². The zero-order valence-electron chi connectivity index (χ0n) is 11.0. The number of aryl methyl sites for hydroxylation is 2. The van der Waals surface area contributed by atoms with Gasteiger partial charge < -0.3 is 11.1 Å². The van der Waals surface area contributed by atoms with Crippen LogP contribution < -0.4 is 11.1 Å². The predicted molar refractivity (Wildman–Crippen MR) is 73.9 cm³/mol. The molecule has 2 unspecified atom stereocenters. The molecule has 0 radical (unpaired) electrons. The van der Waals surface area contributed by atoms with Crippen LogP contribution in [0.5, 0.6) is 0 Å². The third-order valence-corrected chi connectivity index (χ3v) is 4.57. The van der Waals surface area contributed by atoms with Crippen molar-refractivity contribution in [3.05, 3.63) is 15.6 Å². The number of carbonyl (C=O) groups excluding carboxylic acids is 1. The van der Waals surface area contributed by atoms with Gasteiger partial charge in [0, 0.05) is 12.1 Å². The van der Waals surface area contributed by atoms with Crippen LogP contribution in [0.15, 0.2) is 0 Å². The lowest BCUT2D eigenvalue weighted by atomic mass is 10.0. The lowest BCUT2D eigenvalue weighted by molar-refractivity contribution is 0.0932. The van der Waals surface area contributed by atoms with Crippen molar-refractivity contribution in [2.75, 3.05) is 0 Å². The molecule has 100 valence electrons. The molecule has 1 amide bonds. The Morgan fingerprint density at radius 2 is 2.06 bits per heavy atom. The maximum Gasteiger partial charge on any atom is 0.263 e. The molecule has 1 saturated carbocycles. The van der Waals surface area contributed by atoms with Crippen molar-refractivity contribution in [3.63, 3.8) is 0 Å². The van der Waals surface area contributed by atoms with E-state index >= 15 is 0 Å². The average molecular weight is 267 g/mol. The van der Waals surface area contributed by atoms with E-state index in [0.29, 0.717) is 0 Å². The van der Waals surface area contributed by atoms with Gasteiger partial charge in [0.05, 0.1) is 10.7 Å². The van der Waals surface area contributed by atoms with E-state index in [-0.39, 0.29) is 18.0 Å². The van der Waals surface area contributed by atoms with Gasteiger partial charge in [-0.15, -0.1) is 11.3 Å². The van der Waals surface area contributed by atoms with Crippen LogP contribution in [0.2, 0.25) is 0 Å². The fraction of sp³-hybridized carbons (Fsp3) is 0.692. The van der Waals surface area contributed by atoms with Gasteiger partial charge in [-0.05, 0) is 26.7 Å². The van der Waals surface area contributed by atoms with Crippen LogP contribution >= 0.6 is 11.3 Å². The number of amides is 1. The maximum atomic E-state index is 12.2. The SMILES string of the molecule is Cc1nc(C)c(C(=O)NC2CCCCCC2N)s1. The van der Waals surface area contributed by atoms with Crippen LogP contribution in [-0.2, 0) is 0 Å². The Labute approximate surface area is 112 Å². The van der Waals surface area contributed by atoms with Crippen molar-refractivity contribution >= 4 is 17.2 Å². The number of nitrogens with zero attached hydrogens (tertiary/aromatic N) is 1. The molecule has 5 heteroatoms. The fourth-order valence-electron chi connectivity index (χ4n) is 2.49. The molecule has 1 aliphatic rings. The summed E-state index contributed by atoms with van der Waals surface area (Å²) in [6.45, 7) is 3.80. The number of nitrogens with one attached hydrogen (secondary N) is 1. The summed E-state index contributed by atoms with van der Waals surface area (Å²) in [6, 6.07) is 0.201. The quantitative estimate of drug-likeness (QED) is 0.807. The highest BCUT2D eigenvalue weighted by atomic mass is 32.1. The summed E-state index contributed by atoms with van der Waals surface area (Å²) in [7, 11) is 0. The lowest BCUT2D eigenvalue weighted by Gasteiger charge is -2.22. The largest absolute Gasteiger partial charge is 0.347 e. The molecular weight excluding hydrogens is 246 g/mol. The molecule has 3 N–H and O–H groups in total. The van der Waals surface area contributed by atoms with E-state index in [1.807, 2.05) is 13.8 Å². The highest BCUT2D eigenvalue weighted by Crippen LogP contribution is 2.20. The molecular formula is C13H21N3OS. The summed E-state index contributed by atoms with van der Waals surface area (Å²) in [4.78, 5) is 17.2. The van der Waals surface area contributed by atoms with E-state index in [2.05, 4.69) is 10.3 Å². The van der Waals surface area contributed by atoms with Crippen molar-refractivity contribution in [1.82, 2.24) is 10.3 Å². The van der Waals surface area contributed by atoms with Crippen molar-refractivity contribution in [1.29, 1.82) is 0 Å². The molecule has 2 rings (SSSR count). The minimum absolute atomic E-state index is 0.0135. The smallest absolute Gasteiger partial charge is 0.263 e. The van der Waals surface area contributed by atoms with E-state index < -0.39 is 0 Å². The molecule has 2 atom stereocenters. The second kappa shape index (κ2) is 5.80. The molecule has 1 aromatic heterocycles. The van der Waals surface area contributed by atoms with E-state index in [1.165, 1.54) is 24.2 Å². The van der Waals surface area contributed by atoms with Crippen molar-refractivity contribution in [2.24, 2.45) is 5.73 Å². The second-order valence-electron chi connectivity index (χ2n) is 5.03. The first-order valence-corrected chi connectivity index (χ1v) is 7.40. The Morgan fingerprint density at radius 3 is 2.72 bits per heavy atom. The summed E-state index contributed by atoms with van der Waals surface area (Å²) >= 11 is 1.45. The number of nitrogens with two attached hydrogens (primary N) is 1. The standard InChI is InChI=1S/C13H21N3OS/c1-8-12(18-9(2)15-8)13(17)16-11-7-5-3-4-6-10(11)14/h10-11H,3-7,14H2,1-2H3,(H,16,17). The van der Waals surface area contributed by atoms with E-state index in [9.17, 15) is 4.79 Å². The number of hydrogen-bond acceptors (Lipinski definition) is 4. The van der Waals surface area contributed by atoms with Gasteiger partial charge in [0.1, 0.15) is 4.88 Å². The van der Waals surface area contributed by atoms with Crippen molar-refractivity contribution < 1.29 is 4.79 Å². The minimum Gasteiger partial charge on any atom is -0.347 e. The molecule has 0 aromatic carbocycles. The monoisotopic (exact) mass is 267 g/mol. The third-order valence-electron chi connectivity index (χ3n) is 3.50. The summed E-state index contributed by atoms with van der Waals surface area (Å²) in [5, 5.41) is 4.02. The average Bonchev–Trinajstić information content (AvgIpc) is 2.52. The molecule has 18 heavy (non-hydrogen) atoms. The molecule has 4 nitrogen and oxygen atoms in total. The minimum atomic E-state index is -0.0135. The van der Waals surface area contributed by atoms with Crippen LogP contribution in [0.1, 0.15) is 52.5 Å². The molecule has 0 spiro atoms. The van der Waals surface area contributed by atoms with Gasteiger partial charge in [-0.1, -0.05) is 19.3 Å². The maximum absolute atomic E-state index is 12.2. The first kappa shape index (κ1) is 13.5.